The molecule has 2 atom stereocenters. The molecule has 1 aliphatic heterocycles. The molecule has 0 saturated heterocycles. The lowest BCUT2D eigenvalue weighted by Crippen LogP contribution is -2.31. The fourth-order valence-corrected chi connectivity index (χ4v) is 4.39. The zero-order chi connectivity index (χ0) is 14.1. The van der Waals surface area contributed by atoms with Crippen molar-refractivity contribution in [2.75, 3.05) is 5.75 Å². The van der Waals surface area contributed by atoms with Gasteiger partial charge in [-0.1, -0.05) is 34.1 Å². The van der Waals surface area contributed by atoms with E-state index >= 15 is 0 Å². The number of nitrogens with two attached hydrogens (primary N) is 1. The number of hydrogen-bond acceptors (Lipinski definition) is 2. The molecular formula is C16H15BrFNS. The number of benzene rings is 2. The third kappa shape index (κ3) is 2.78. The molecule has 2 N–H and O–H groups in total. The number of thioether (sulfide) groups is 1. The van der Waals surface area contributed by atoms with Gasteiger partial charge in [0.25, 0.3) is 0 Å². The Morgan fingerprint density at radius 2 is 2.10 bits per heavy atom. The number of halogens is 2. The monoisotopic (exact) mass is 351 g/mol. The van der Waals surface area contributed by atoms with E-state index in [-0.39, 0.29) is 11.9 Å². The lowest BCUT2D eigenvalue weighted by Gasteiger charge is -2.20. The normalized spacial score (nSPS) is 18.9. The van der Waals surface area contributed by atoms with E-state index in [2.05, 4.69) is 40.2 Å². The van der Waals surface area contributed by atoms with E-state index in [9.17, 15) is 4.39 Å². The quantitative estimate of drug-likeness (QED) is 0.889. The third-order valence-corrected chi connectivity index (χ3v) is 5.70. The van der Waals surface area contributed by atoms with E-state index in [0.29, 0.717) is 12.3 Å². The van der Waals surface area contributed by atoms with Gasteiger partial charge in [-0.3, -0.25) is 0 Å². The van der Waals surface area contributed by atoms with Gasteiger partial charge in [0.2, 0.25) is 0 Å². The summed E-state index contributed by atoms with van der Waals surface area (Å²) in [6.45, 7) is 0. The van der Waals surface area contributed by atoms with Crippen LogP contribution in [-0.4, -0.2) is 11.8 Å². The van der Waals surface area contributed by atoms with Crippen LogP contribution in [0.15, 0.2) is 51.8 Å². The molecule has 0 bridgehead atoms. The summed E-state index contributed by atoms with van der Waals surface area (Å²) in [7, 11) is 0. The summed E-state index contributed by atoms with van der Waals surface area (Å²) < 4.78 is 14.3. The van der Waals surface area contributed by atoms with Gasteiger partial charge in [0.15, 0.2) is 0 Å². The van der Waals surface area contributed by atoms with Crippen molar-refractivity contribution in [3.05, 3.63) is 63.9 Å². The molecule has 0 aliphatic carbocycles. The first-order valence-electron chi connectivity index (χ1n) is 6.56. The first-order valence-corrected chi connectivity index (χ1v) is 8.34. The summed E-state index contributed by atoms with van der Waals surface area (Å²) in [5.74, 6) is 1.14. The van der Waals surface area contributed by atoms with E-state index in [1.54, 1.807) is 12.1 Å². The maximum Gasteiger partial charge on any atom is 0.123 e. The Morgan fingerprint density at radius 1 is 1.30 bits per heavy atom. The Kier molecular flexibility index (Phi) is 4.15. The molecular weight excluding hydrogens is 337 g/mol. The molecule has 4 heteroatoms. The fraction of sp³-hybridized carbons (Fsp3) is 0.250. The summed E-state index contributed by atoms with van der Waals surface area (Å²) in [4.78, 5) is 1.33. The summed E-state index contributed by atoms with van der Waals surface area (Å²) in [5, 5.41) is 0. The van der Waals surface area contributed by atoms with Crippen molar-refractivity contribution >= 4 is 27.7 Å². The van der Waals surface area contributed by atoms with Crippen molar-refractivity contribution in [2.24, 2.45) is 5.73 Å². The highest BCUT2D eigenvalue weighted by Gasteiger charge is 2.28. The molecule has 0 fully saturated rings. The topological polar surface area (TPSA) is 26.0 Å². The van der Waals surface area contributed by atoms with Crippen molar-refractivity contribution < 1.29 is 4.39 Å². The minimum atomic E-state index is -0.211. The molecule has 0 saturated carbocycles. The minimum absolute atomic E-state index is 0.00394. The average Bonchev–Trinajstić information content (AvgIpc) is 2.87. The zero-order valence-electron chi connectivity index (χ0n) is 10.9. The lowest BCUT2D eigenvalue weighted by molar-refractivity contribution is 0.566. The maximum atomic E-state index is 13.3. The molecule has 1 aliphatic rings. The van der Waals surface area contributed by atoms with Crippen LogP contribution in [-0.2, 0) is 6.42 Å². The summed E-state index contributed by atoms with van der Waals surface area (Å²) in [6.07, 6.45) is 0.678. The second-order valence-corrected chi connectivity index (χ2v) is 6.98. The molecule has 1 nitrogen and oxygen atoms in total. The lowest BCUT2D eigenvalue weighted by atomic mass is 9.90. The van der Waals surface area contributed by atoms with Crippen molar-refractivity contribution in [1.29, 1.82) is 0 Å². The first kappa shape index (κ1) is 14.1. The van der Waals surface area contributed by atoms with Crippen LogP contribution in [0.4, 0.5) is 4.39 Å². The van der Waals surface area contributed by atoms with Crippen molar-refractivity contribution in [3.63, 3.8) is 0 Å². The predicted molar refractivity (Wildman–Crippen MR) is 85.7 cm³/mol. The molecule has 2 aromatic carbocycles. The second-order valence-electron chi connectivity index (χ2n) is 5.06. The average molecular weight is 352 g/mol. The summed E-state index contributed by atoms with van der Waals surface area (Å²) in [6, 6.07) is 13.2. The SMILES string of the molecule is NC(Cc1cc(F)ccc1Br)C1CSc2ccccc21. The van der Waals surface area contributed by atoms with Gasteiger partial charge in [-0.2, -0.15) is 0 Å². The molecule has 2 unspecified atom stereocenters. The predicted octanol–water partition coefficient (Wildman–Crippen LogP) is 4.35. The number of rotatable bonds is 3. The summed E-state index contributed by atoms with van der Waals surface area (Å²) >= 11 is 5.33. The van der Waals surface area contributed by atoms with Crippen molar-refractivity contribution in [3.8, 4) is 0 Å². The number of hydrogen-bond donors (Lipinski definition) is 1. The van der Waals surface area contributed by atoms with Gasteiger partial charge in [-0.05, 0) is 41.8 Å². The maximum absolute atomic E-state index is 13.3. The molecule has 0 amide bonds. The Balaban J connectivity index is 1.81. The van der Waals surface area contributed by atoms with Gasteiger partial charge in [-0.25, -0.2) is 4.39 Å². The van der Waals surface area contributed by atoms with E-state index in [4.69, 9.17) is 5.73 Å². The van der Waals surface area contributed by atoms with Gasteiger partial charge in [0.05, 0.1) is 0 Å². The molecule has 104 valence electrons. The third-order valence-electron chi connectivity index (χ3n) is 3.72. The van der Waals surface area contributed by atoms with Crippen LogP contribution >= 0.6 is 27.7 Å². The Labute approximate surface area is 130 Å². The molecule has 20 heavy (non-hydrogen) atoms. The molecule has 0 radical (unpaired) electrons. The molecule has 1 heterocycles. The van der Waals surface area contributed by atoms with Gasteiger partial charge in [-0.15, -0.1) is 11.8 Å². The van der Waals surface area contributed by atoms with Crippen LogP contribution in [0.2, 0.25) is 0 Å². The summed E-state index contributed by atoms with van der Waals surface area (Å²) in [5.41, 5.74) is 8.66. The smallest absolute Gasteiger partial charge is 0.123 e. The Bertz CT molecular complexity index is 632. The Hall–Kier alpha value is -0.840. The fourth-order valence-electron chi connectivity index (χ4n) is 2.64. The Morgan fingerprint density at radius 3 is 2.95 bits per heavy atom. The standard InChI is InChI=1S/C16H15BrFNS/c17-14-6-5-11(18)7-10(14)8-15(19)13-9-20-16-4-2-1-3-12(13)16/h1-7,13,15H,8-9,19H2. The van der Waals surface area contributed by atoms with Crippen molar-refractivity contribution in [1.82, 2.24) is 0 Å². The highest BCUT2D eigenvalue weighted by Crippen LogP contribution is 2.41. The van der Waals surface area contributed by atoms with Crippen LogP contribution < -0.4 is 5.73 Å². The van der Waals surface area contributed by atoms with Gasteiger partial charge in [0.1, 0.15) is 5.82 Å². The largest absolute Gasteiger partial charge is 0.327 e. The zero-order valence-corrected chi connectivity index (χ0v) is 13.3. The van der Waals surface area contributed by atoms with E-state index in [1.807, 2.05) is 11.8 Å². The van der Waals surface area contributed by atoms with E-state index < -0.39 is 0 Å². The van der Waals surface area contributed by atoms with Gasteiger partial charge in [0, 0.05) is 27.1 Å². The molecule has 0 aromatic heterocycles. The highest BCUT2D eigenvalue weighted by molar-refractivity contribution is 9.10. The molecule has 0 spiro atoms. The van der Waals surface area contributed by atoms with Crippen LogP contribution in [0.25, 0.3) is 0 Å². The number of fused-ring (bicyclic) bond motifs is 1. The van der Waals surface area contributed by atoms with Gasteiger partial charge < -0.3 is 5.73 Å². The minimum Gasteiger partial charge on any atom is -0.327 e. The second kappa shape index (κ2) is 5.88. The van der Waals surface area contributed by atoms with E-state index in [0.717, 1.165) is 15.8 Å². The van der Waals surface area contributed by atoms with Gasteiger partial charge >= 0.3 is 0 Å². The van der Waals surface area contributed by atoms with Crippen LogP contribution in [0.5, 0.6) is 0 Å². The first-order chi connectivity index (χ1) is 9.65. The van der Waals surface area contributed by atoms with Crippen LogP contribution in [0, 0.1) is 5.82 Å². The van der Waals surface area contributed by atoms with Crippen molar-refractivity contribution in [2.45, 2.75) is 23.3 Å². The molecule has 2 aromatic rings. The van der Waals surface area contributed by atoms with Crippen LogP contribution in [0.1, 0.15) is 17.0 Å². The molecule has 3 rings (SSSR count). The van der Waals surface area contributed by atoms with Crippen LogP contribution in [0.3, 0.4) is 0 Å². The highest BCUT2D eigenvalue weighted by atomic mass is 79.9. The van der Waals surface area contributed by atoms with E-state index in [1.165, 1.54) is 16.5 Å².